The molecule has 0 atom stereocenters. The highest BCUT2D eigenvalue weighted by molar-refractivity contribution is 7.88. The fraction of sp³-hybridized carbons (Fsp3) is 0.231. The van der Waals surface area contributed by atoms with Gasteiger partial charge in [0.2, 0.25) is 0 Å². The van der Waals surface area contributed by atoms with E-state index in [0.29, 0.717) is 24.2 Å². The molecule has 0 heterocycles. The number of sulfonamides is 1. The molecule has 1 aromatic rings. The summed E-state index contributed by atoms with van der Waals surface area (Å²) in [6.07, 6.45) is 4.13. The van der Waals surface area contributed by atoms with Gasteiger partial charge in [0.05, 0.1) is 12.0 Å². The van der Waals surface area contributed by atoms with Crippen molar-refractivity contribution in [2.45, 2.75) is 17.7 Å². The fourth-order valence-electron chi connectivity index (χ4n) is 1.83. The molecule has 0 aliphatic heterocycles. The van der Waals surface area contributed by atoms with Crippen molar-refractivity contribution in [1.82, 2.24) is 5.14 Å². The normalized spacial score (nSPS) is 11.0. The van der Waals surface area contributed by atoms with Gasteiger partial charge in [-0.1, -0.05) is 12.2 Å². The summed E-state index contributed by atoms with van der Waals surface area (Å²) < 4.78 is 28.1. The molecule has 0 spiro atoms. The van der Waals surface area contributed by atoms with E-state index in [9.17, 15) is 8.42 Å². The third-order valence-corrected chi connectivity index (χ3v) is 3.51. The molecule has 0 fully saturated rings. The average molecular weight is 266 g/mol. The van der Waals surface area contributed by atoms with Crippen molar-refractivity contribution in [3.05, 3.63) is 48.6 Å². The zero-order valence-electron chi connectivity index (χ0n) is 10.3. The minimum atomic E-state index is -4.01. The molecule has 0 saturated heterocycles. The van der Waals surface area contributed by atoms with E-state index in [1.165, 1.54) is 13.2 Å². The fourth-order valence-corrected chi connectivity index (χ4v) is 2.61. The van der Waals surface area contributed by atoms with Gasteiger partial charge in [-0.25, -0.2) is 8.42 Å². The van der Waals surface area contributed by atoms with Gasteiger partial charge < -0.3 is 4.74 Å². The summed E-state index contributed by atoms with van der Waals surface area (Å²) in [4.78, 5) is 0.0000463. The highest BCUT2D eigenvalue weighted by atomic mass is 32.2. The number of hydrogen-bond donors (Lipinski definition) is 0. The molecule has 0 aromatic heterocycles. The van der Waals surface area contributed by atoms with Crippen molar-refractivity contribution >= 4 is 10.0 Å². The molecular formula is C13H16NO3S. The van der Waals surface area contributed by atoms with E-state index >= 15 is 0 Å². The lowest BCUT2D eigenvalue weighted by atomic mass is 10.0. The van der Waals surface area contributed by atoms with E-state index in [4.69, 9.17) is 9.88 Å². The van der Waals surface area contributed by atoms with Gasteiger partial charge in [-0.05, 0) is 30.5 Å². The Kier molecular flexibility index (Phi) is 4.69. The van der Waals surface area contributed by atoms with E-state index < -0.39 is 10.0 Å². The number of rotatable bonds is 6. The predicted molar refractivity (Wildman–Crippen MR) is 71.1 cm³/mol. The van der Waals surface area contributed by atoms with Crippen LogP contribution < -0.4 is 9.88 Å². The number of nitrogens with one attached hydrogen (secondary N) is 1. The van der Waals surface area contributed by atoms with Crippen LogP contribution in [0, 0.1) is 0 Å². The number of ether oxygens (including phenoxy) is 1. The first-order valence-corrected chi connectivity index (χ1v) is 6.84. The Morgan fingerprint density at radius 1 is 1.22 bits per heavy atom. The van der Waals surface area contributed by atoms with Crippen molar-refractivity contribution in [3.8, 4) is 5.75 Å². The number of methoxy groups -OCH3 is 1. The SMILES string of the molecule is C=CCc1c(OC)ccc(S([NH])(=O)=O)c1CC=C. The maximum absolute atomic E-state index is 11.5. The Bertz CT molecular complexity index is 562. The van der Waals surface area contributed by atoms with Crippen molar-refractivity contribution in [1.29, 1.82) is 0 Å². The van der Waals surface area contributed by atoms with Crippen LogP contribution in [0.2, 0.25) is 0 Å². The molecule has 5 heteroatoms. The third-order valence-electron chi connectivity index (χ3n) is 2.55. The van der Waals surface area contributed by atoms with Gasteiger partial charge in [0.25, 0.3) is 10.0 Å². The van der Waals surface area contributed by atoms with Gasteiger partial charge in [-0.15, -0.1) is 18.3 Å². The van der Waals surface area contributed by atoms with E-state index in [1.54, 1.807) is 18.2 Å². The molecule has 1 rings (SSSR count). The minimum absolute atomic E-state index is 0.0000463. The highest BCUT2D eigenvalue weighted by Crippen LogP contribution is 2.29. The molecule has 0 aliphatic carbocycles. The maximum atomic E-state index is 11.5. The smallest absolute Gasteiger partial charge is 0.254 e. The summed E-state index contributed by atoms with van der Waals surface area (Å²) in [6.45, 7) is 7.26. The van der Waals surface area contributed by atoms with Crippen LogP contribution in [0.25, 0.3) is 0 Å². The molecule has 1 aromatic carbocycles. The van der Waals surface area contributed by atoms with Crippen molar-refractivity contribution < 1.29 is 13.2 Å². The lowest BCUT2D eigenvalue weighted by Gasteiger charge is -2.15. The topological polar surface area (TPSA) is 67.2 Å². The van der Waals surface area contributed by atoms with Crippen LogP contribution in [0.4, 0.5) is 0 Å². The molecule has 0 amide bonds. The maximum Gasteiger partial charge on any atom is 0.254 e. The summed E-state index contributed by atoms with van der Waals surface area (Å²) in [5.41, 5.74) is 1.29. The van der Waals surface area contributed by atoms with Crippen LogP contribution >= 0.6 is 0 Å². The van der Waals surface area contributed by atoms with Crippen LogP contribution in [0.15, 0.2) is 42.3 Å². The Hall–Kier alpha value is -1.59. The Balaban J connectivity index is 3.60. The monoisotopic (exact) mass is 266 g/mol. The molecule has 1 N–H and O–H groups in total. The Labute approximate surface area is 108 Å². The first-order chi connectivity index (χ1) is 8.45. The summed E-state index contributed by atoms with van der Waals surface area (Å²) in [7, 11) is -2.49. The lowest BCUT2D eigenvalue weighted by molar-refractivity contribution is 0.409. The van der Waals surface area contributed by atoms with Crippen LogP contribution in [0.3, 0.4) is 0 Å². The molecule has 97 valence electrons. The second-order valence-electron chi connectivity index (χ2n) is 3.71. The second-order valence-corrected chi connectivity index (χ2v) is 5.16. The number of benzene rings is 1. The predicted octanol–water partition coefficient (Wildman–Crippen LogP) is 2.12. The van der Waals surface area contributed by atoms with Gasteiger partial charge in [0.15, 0.2) is 0 Å². The Morgan fingerprint density at radius 3 is 2.22 bits per heavy atom. The number of hydrogen-bond acceptors (Lipinski definition) is 3. The molecule has 1 radical (unpaired) electrons. The molecular weight excluding hydrogens is 250 g/mol. The first kappa shape index (κ1) is 14.5. The van der Waals surface area contributed by atoms with Crippen LogP contribution in [0.1, 0.15) is 11.1 Å². The number of allylic oxidation sites excluding steroid dienone is 2. The molecule has 0 saturated carbocycles. The van der Waals surface area contributed by atoms with E-state index in [0.717, 1.165) is 5.56 Å². The van der Waals surface area contributed by atoms with E-state index in [2.05, 4.69) is 13.2 Å². The summed E-state index contributed by atoms with van der Waals surface area (Å²) >= 11 is 0. The minimum Gasteiger partial charge on any atom is -0.496 e. The summed E-state index contributed by atoms with van der Waals surface area (Å²) in [5.74, 6) is 0.596. The quantitative estimate of drug-likeness (QED) is 0.741. The van der Waals surface area contributed by atoms with Gasteiger partial charge in [0, 0.05) is 5.56 Å². The zero-order chi connectivity index (χ0) is 13.8. The third kappa shape index (κ3) is 3.00. The van der Waals surface area contributed by atoms with Gasteiger partial charge in [-0.3, -0.25) is 0 Å². The van der Waals surface area contributed by atoms with Crippen molar-refractivity contribution in [2.24, 2.45) is 0 Å². The molecule has 0 aliphatic rings. The zero-order valence-corrected chi connectivity index (χ0v) is 11.1. The van der Waals surface area contributed by atoms with Crippen molar-refractivity contribution in [3.63, 3.8) is 0 Å². The van der Waals surface area contributed by atoms with Crippen LogP contribution in [-0.4, -0.2) is 15.5 Å². The van der Waals surface area contributed by atoms with Gasteiger partial charge >= 0.3 is 0 Å². The highest BCUT2D eigenvalue weighted by Gasteiger charge is 2.19. The molecule has 0 unspecified atom stereocenters. The molecule has 18 heavy (non-hydrogen) atoms. The molecule has 4 nitrogen and oxygen atoms in total. The summed E-state index contributed by atoms with van der Waals surface area (Å²) in [6, 6.07) is 2.96. The average Bonchev–Trinajstić information content (AvgIpc) is 2.30. The first-order valence-electron chi connectivity index (χ1n) is 5.35. The van der Waals surface area contributed by atoms with Gasteiger partial charge in [-0.2, -0.15) is 0 Å². The Morgan fingerprint density at radius 2 is 1.78 bits per heavy atom. The van der Waals surface area contributed by atoms with Gasteiger partial charge in [0.1, 0.15) is 5.75 Å². The van der Waals surface area contributed by atoms with Crippen LogP contribution in [-0.2, 0) is 22.9 Å². The van der Waals surface area contributed by atoms with E-state index in [1.807, 2.05) is 0 Å². The standard InChI is InChI=1S/C13H16NO3S/c1-4-6-10-11(7-5-2)13(18(14,15)16)9-8-12(10)17-3/h4-5,8-9,14H,1-2,6-7H2,3H3. The summed E-state index contributed by atoms with van der Waals surface area (Å²) in [5, 5.41) is 7.22. The van der Waals surface area contributed by atoms with E-state index in [-0.39, 0.29) is 4.90 Å². The van der Waals surface area contributed by atoms with Crippen molar-refractivity contribution in [2.75, 3.05) is 7.11 Å². The largest absolute Gasteiger partial charge is 0.496 e. The second kappa shape index (κ2) is 5.84. The van der Waals surface area contributed by atoms with Crippen LogP contribution in [0.5, 0.6) is 5.75 Å². The lowest BCUT2D eigenvalue weighted by Crippen LogP contribution is -2.08. The molecule has 0 bridgehead atoms.